The van der Waals surface area contributed by atoms with Crippen LogP contribution in [0.3, 0.4) is 0 Å². The topological polar surface area (TPSA) is 63.4 Å². The number of nitrogens with zero attached hydrogens (tertiary/aromatic N) is 1. The van der Waals surface area contributed by atoms with Crippen LogP contribution in [0.1, 0.15) is 12.5 Å². The molecular weight excluding hydrogens is 272 g/mol. The summed E-state index contributed by atoms with van der Waals surface area (Å²) >= 11 is 5.97. The first-order chi connectivity index (χ1) is 8.47. The highest BCUT2D eigenvalue weighted by Gasteiger charge is 2.24. The first kappa shape index (κ1) is 15.2. The van der Waals surface area contributed by atoms with E-state index in [0.717, 1.165) is 5.56 Å². The Morgan fingerprint density at radius 2 is 2.17 bits per heavy atom. The summed E-state index contributed by atoms with van der Waals surface area (Å²) in [6.07, 6.45) is 1.54. The highest BCUT2D eigenvalue weighted by atomic mass is 35.5. The predicted octanol–water partition coefficient (Wildman–Crippen LogP) is 2.00. The number of rotatable bonds is 6. The van der Waals surface area contributed by atoms with Crippen molar-refractivity contribution in [1.82, 2.24) is 4.31 Å². The summed E-state index contributed by atoms with van der Waals surface area (Å²) in [5, 5.41) is 0.203. The van der Waals surface area contributed by atoms with E-state index < -0.39 is 10.0 Å². The first-order valence-electron chi connectivity index (χ1n) is 5.56. The first-order valence-corrected chi connectivity index (χ1v) is 7.38. The Morgan fingerprint density at radius 1 is 1.50 bits per heavy atom. The molecule has 18 heavy (non-hydrogen) atoms. The van der Waals surface area contributed by atoms with Crippen LogP contribution in [0.5, 0.6) is 0 Å². The maximum Gasteiger partial charge on any atom is 0.244 e. The molecule has 1 rings (SSSR count). The fourth-order valence-electron chi connectivity index (χ4n) is 1.55. The number of sulfonamides is 1. The molecule has 1 aromatic rings. The highest BCUT2D eigenvalue weighted by Crippen LogP contribution is 2.25. The van der Waals surface area contributed by atoms with Crippen molar-refractivity contribution in [3.05, 3.63) is 41.4 Å². The molecule has 0 aliphatic carbocycles. The predicted molar refractivity (Wildman–Crippen MR) is 74.0 cm³/mol. The van der Waals surface area contributed by atoms with E-state index in [2.05, 4.69) is 6.58 Å². The van der Waals surface area contributed by atoms with Gasteiger partial charge in [0.2, 0.25) is 10.0 Å². The minimum absolute atomic E-state index is 0.0933. The van der Waals surface area contributed by atoms with Crippen molar-refractivity contribution >= 4 is 21.6 Å². The van der Waals surface area contributed by atoms with Gasteiger partial charge in [0.15, 0.2) is 0 Å². The zero-order valence-electron chi connectivity index (χ0n) is 10.3. The van der Waals surface area contributed by atoms with Crippen LogP contribution in [0, 0.1) is 0 Å². The van der Waals surface area contributed by atoms with E-state index in [-0.39, 0.29) is 23.0 Å². The number of hydrogen-bond acceptors (Lipinski definition) is 3. The molecule has 100 valence electrons. The molecule has 0 saturated carbocycles. The molecule has 0 radical (unpaired) electrons. The van der Waals surface area contributed by atoms with Crippen molar-refractivity contribution in [3.63, 3.8) is 0 Å². The van der Waals surface area contributed by atoms with Crippen molar-refractivity contribution in [2.24, 2.45) is 5.73 Å². The minimum atomic E-state index is -3.60. The molecule has 0 amide bonds. The Kier molecular flexibility index (Phi) is 5.34. The maximum atomic E-state index is 12.4. The zero-order chi connectivity index (χ0) is 13.8. The molecule has 0 saturated heterocycles. The number of hydrogen-bond donors (Lipinski definition) is 1. The summed E-state index contributed by atoms with van der Waals surface area (Å²) in [6, 6.07) is 4.78. The molecule has 2 N–H and O–H groups in total. The SMILES string of the molecule is C=CCN(CC)S(=O)(=O)c1cc(CN)ccc1Cl. The lowest BCUT2D eigenvalue weighted by Gasteiger charge is -2.19. The van der Waals surface area contributed by atoms with Crippen molar-refractivity contribution < 1.29 is 8.42 Å². The summed E-state index contributed by atoms with van der Waals surface area (Å²) in [4.78, 5) is 0.0933. The summed E-state index contributed by atoms with van der Waals surface area (Å²) in [5.74, 6) is 0. The van der Waals surface area contributed by atoms with Gasteiger partial charge in [-0.15, -0.1) is 6.58 Å². The number of benzene rings is 1. The highest BCUT2D eigenvalue weighted by molar-refractivity contribution is 7.89. The van der Waals surface area contributed by atoms with Gasteiger partial charge in [0.05, 0.1) is 5.02 Å². The molecule has 0 aliphatic rings. The van der Waals surface area contributed by atoms with E-state index in [4.69, 9.17) is 17.3 Å². The third kappa shape index (κ3) is 3.11. The van der Waals surface area contributed by atoms with Crippen molar-refractivity contribution in [2.45, 2.75) is 18.4 Å². The Bertz CT molecular complexity index is 529. The van der Waals surface area contributed by atoms with Gasteiger partial charge in [0.1, 0.15) is 4.90 Å². The van der Waals surface area contributed by atoms with E-state index in [1.165, 1.54) is 10.4 Å². The largest absolute Gasteiger partial charge is 0.326 e. The van der Waals surface area contributed by atoms with Crippen LogP contribution in [-0.2, 0) is 16.6 Å². The van der Waals surface area contributed by atoms with E-state index in [9.17, 15) is 8.42 Å². The second-order valence-corrected chi connectivity index (χ2v) is 6.03. The molecule has 0 bridgehead atoms. The average Bonchev–Trinajstić information content (AvgIpc) is 2.36. The third-order valence-electron chi connectivity index (χ3n) is 2.53. The molecule has 0 atom stereocenters. The van der Waals surface area contributed by atoms with E-state index in [1.54, 1.807) is 25.1 Å². The standard InChI is InChI=1S/C12H17ClN2O2S/c1-3-7-15(4-2)18(16,17)12-8-10(9-14)5-6-11(12)13/h3,5-6,8H,1,4,7,9,14H2,2H3. The fourth-order valence-corrected chi connectivity index (χ4v) is 3.50. The van der Waals surface area contributed by atoms with Crippen LogP contribution in [-0.4, -0.2) is 25.8 Å². The lowest BCUT2D eigenvalue weighted by Crippen LogP contribution is -2.31. The number of halogens is 1. The fraction of sp³-hybridized carbons (Fsp3) is 0.333. The molecule has 0 heterocycles. The molecule has 4 nitrogen and oxygen atoms in total. The number of nitrogens with two attached hydrogens (primary N) is 1. The van der Waals surface area contributed by atoms with Gasteiger partial charge in [-0.25, -0.2) is 8.42 Å². The maximum absolute atomic E-state index is 12.4. The Hall–Kier alpha value is -0.880. The van der Waals surface area contributed by atoms with Gasteiger partial charge in [-0.3, -0.25) is 0 Å². The molecule has 0 spiro atoms. The molecule has 0 aromatic heterocycles. The third-order valence-corrected chi connectivity index (χ3v) is 4.96. The lowest BCUT2D eigenvalue weighted by atomic mass is 10.2. The van der Waals surface area contributed by atoms with Crippen LogP contribution in [0.25, 0.3) is 0 Å². The molecule has 1 aromatic carbocycles. The van der Waals surface area contributed by atoms with E-state index >= 15 is 0 Å². The van der Waals surface area contributed by atoms with Crippen LogP contribution < -0.4 is 5.73 Å². The summed E-state index contributed by atoms with van der Waals surface area (Å²) in [6.45, 7) is 6.20. The zero-order valence-corrected chi connectivity index (χ0v) is 11.8. The van der Waals surface area contributed by atoms with Crippen molar-refractivity contribution in [2.75, 3.05) is 13.1 Å². The van der Waals surface area contributed by atoms with Crippen molar-refractivity contribution in [3.8, 4) is 0 Å². The second-order valence-electron chi connectivity index (χ2n) is 3.71. The second kappa shape index (κ2) is 6.33. The Balaban J connectivity index is 3.30. The van der Waals surface area contributed by atoms with Crippen LogP contribution in [0.15, 0.2) is 35.7 Å². The summed E-state index contributed by atoms with van der Waals surface area (Å²) < 4.78 is 26.1. The van der Waals surface area contributed by atoms with Crippen molar-refractivity contribution in [1.29, 1.82) is 0 Å². The Morgan fingerprint density at radius 3 is 2.67 bits per heavy atom. The summed E-state index contributed by atoms with van der Waals surface area (Å²) in [7, 11) is -3.60. The molecule has 0 aliphatic heterocycles. The monoisotopic (exact) mass is 288 g/mol. The van der Waals surface area contributed by atoms with Gasteiger partial charge in [0, 0.05) is 19.6 Å². The normalized spacial score (nSPS) is 11.8. The van der Waals surface area contributed by atoms with Gasteiger partial charge >= 0.3 is 0 Å². The van der Waals surface area contributed by atoms with Gasteiger partial charge < -0.3 is 5.73 Å². The van der Waals surface area contributed by atoms with E-state index in [0.29, 0.717) is 6.54 Å². The molecular formula is C12H17ClN2O2S. The van der Waals surface area contributed by atoms with Crippen LogP contribution >= 0.6 is 11.6 Å². The summed E-state index contributed by atoms with van der Waals surface area (Å²) in [5.41, 5.74) is 6.24. The van der Waals surface area contributed by atoms with E-state index in [1.807, 2.05) is 0 Å². The quantitative estimate of drug-likeness (QED) is 0.814. The Labute approximate surface area is 113 Å². The van der Waals surface area contributed by atoms with Gasteiger partial charge in [-0.2, -0.15) is 4.31 Å². The minimum Gasteiger partial charge on any atom is -0.326 e. The van der Waals surface area contributed by atoms with Crippen LogP contribution in [0.4, 0.5) is 0 Å². The average molecular weight is 289 g/mol. The van der Waals surface area contributed by atoms with Gasteiger partial charge in [-0.1, -0.05) is 30.7 Å². The van der Waals surface area contributed by atoms with Gasteiger partial charge in [0.25, 0.3) is 0 Å². The lowest BCUT2D eigenvalue weighted by molar-refractivity contribution is 0.460. The smallest absolute Gasteiger partial charge is 0.244 e. The van der Waals surface area contributed by atoms with Crippen LogP contribution in [0.2, 0.25) is 5.02 Å². The van der Waals surface area contributed by atoms with Gasteiger partial charge in [-0.05, 0) is 17.7 Å². The molecule has 0 fully saturated rings. The molecule has 6 heteroatoms. The number of likely N-dealkylation sites (N-methyl/N-ethyl adjacent to an activating group) is 1. The molecule has 0 unspecified atom stereocenters.